The smallest absolute Gasteiger partial charge is 0.410 e. The van der Waals surface area contributed by atoms with Gasteiger partial charge in [0.25, 0.3) is 0 Å². The number of nitrogens with zero attached hydrogens (tertiary/aromatic N) is 1. The summed E-state index contributed by atoms with van der Waals surface area (Å²) in [5.74, 6) is 0.125. The number of carbonyl (C=O) groups excluding carboxylic acids is 2. The van der Waals surface area contributed by atoms with E-state index in [-0.39, 0.29) is 29.9 Å². The van der Waals surface area contributed by atoms with Crippen LogP contribution in [0.2, 0.25) is 18.1 Å². The van der Waals surface area contributed by atoms with Crippen molar-refractivity contribution in [1.82, 2.24) is 4.90 Å². The number of hydrogen-bond acceptors (Lipinski definition) is 6. The van der Waals surface area contributed by atoms with Gasteiger partial charge < -0.3 is 18.6 Å². The zero-order valence-corrected chi connectivity index (χ0v) is 22.0. The molecule has 0 N–H and O–H groups in total. The van der Waals surface area contributed by atoms with E-state index in [0.29, 0.717) is 24.3 Å². The first-order chi connectivity index (χ1) is 14.6. The highest BCUT2D eigenvalue weighted by molar-refractivity contribution is 6.74. The van der Waals surface area contributed by atoms with Crippen molar-refractivity contribution in [2.75, 3.05) is 20.3 Å². The minimum atomic E-state index is -1.99. The number of likely N-dealkylation sites (tertiary alicyclic amines) is 1. The van der Waals surface area contributed by atoms with Crippen molar-refractivity contribution < 1.29 is 28.2 Å². The summed E-state index contributed by atoms with van der Waals surface area (Å²) < 4.78 is 23.0. The van der Waals surface area contributed by atoms with Crippen LogP contribution in [-0.2, 0) is 13.9 Å². The Hall–Kier alpha value is -2.06. The number of rotatable bonds is 6. The second kappa shape index (κ2) is 9.83. The molecule has 32 heavy (non-hydrogen) atoms. The van der Waals surface area contributed by atoms with Crippen molar-refractivity contribution >= 4 is 20.4 Å². The Morgan fingerprint density at radius 2 is 1.78 bits per heavy atom. The largest absolute Gasteiger partial charge is 0.491 e. The maximum atomic E-state index is 12.9. The van der Waals surface area contributed by atoms with Crippen LogP contribution in [0.4, 0.5) is 4.79 Å². The molecule has 1 aliphatic heterocycles. The van der Waals surface area contributed by atoms with E-state index in [1.807, 2.05) is 20.8 Å². The molecule has 1 amide bonds. The van der Waals surface area contributed by atoms with Gasteiger partial charge in [-0.1, -0.05) is 26.8 Å². The summed E-state index contributed by atoms with van der Waals surface area (Å²) in [7, 11) is -0.650. The van der Waals surface area contributed by atoms with Crippen molar-refractivity contribution in [3.63, 3.8) is 0 Å². The summed E-state index contributed by atoms with van der Waals surface area (Å²) in [5, 5.41) is 0.0761. The lowest BCUT2D eigenvalue weighted by Gasteiger charge is -2.38. The van der Waals surface area contributed by atoms with Crippen molar-refractivity contribution in [3.05, 3.63) is 29.8 Å². The summed E-state index contributed by atoms with van der Waals surface area (Å²) in [4.78, 5) is 26.4. The molecule has 180 valence electrons. The zero-order valence-electron chi connectivity index (χ0n) is 21.0. The third-order valence-corrected chi connectivity index (χ3v) is 10.5. The Morgan fingerprint density at radius 3 is 2.34 bits per heavy atom. The Kier molecular flexibility index (Phi) is 8.04. The highest BCUT2D eigenvalue weighted by atomic mass is 28.4. The highest BCUT2D eigenvalue weighted by Crippen LogP contribution is 2.39. The summed E-state index contributed by atoms with van der Waals surface area (Å²) in [6, 6.07) is 6.64. The molecule has 0 saturated carbocycles. The molecule has 2 rings (SSSR count). The molecule has 0 aliphatic carbocycles. The SMILES string of the molecule is COC(=O)c1cccc(OC[C@@H]2C[C@@H](O[Si](C)(C)C(C)(C)C)CN2C(=O)OC(C)(C)C)c1. The minimum absolute atomic E-state index is 0.0709. The van der Waals surface area contributed by atoms with Gasteiger partial charge in [-0.15, -0.1) is 0 Å². The van der Waals surface area contributed by atoms with Gasteiger partial charge in [-0.05, 0) is 63.5 Å². The number of methoxy groups -OCH3 is 1. The Balaban J connectivity index is 2.15. The van der Waals surface area contributed by atoms with E-state index < -0.39 is 19.9 Å². The van der Waals surface area contributed by atoms with E-state index in [4.69, 9.17) is 18.6 Å². The van der Waals surface area contributed by atoms with E-state index in [0.717, 1.165) is 0 Å². The van der Waals surface area contributed by atoms with Crippen LogP contribution in [0.15, 0.2) is 24.3 Å². The lowest BCUT2D eigenvalue weighted by Crippen LogP contribution is -2.45. The lowest BCUT2D eigenvalue weighted by atomic mass is 10.2. The Bertz CT molecular complexity index is 811. The molecule has 0 unspecified atom stereocenters. The molecule has 2 atom stereocenters. The molecule has 1 aliphatic rings. The molecule has 1 fully saturated rings. The number of ether oxygens (including phenoxy) is 3. The molecule has 7 nitrogen and oxygen atoms in total. The summed E-state index contributed by atoms with van der Waals surface area (Å²) >= 11 is 0. The molecule has 1 aromatic carbocycles. The molecular weight excluding hydrogens is 426 g/mol. The van der Waals surface area contributed by atoms with Gasteiger partial charge in [0.2, 0.25) is 0 Å². The predicted octanol–water partition coefficient (Wildman–Crippen LogP) is 5.25. The third-order valence-electron chi connectivity index (χ3n) is 5.97. The van der Waals surface area contributed by atoms with Gasteiger partial charge in [-0.3, -0.25) is 4.90 Å². The number of carbonyl (C=O) groups is 2. The second-order valence-electron chi connectivity index (χ2n) is 10.9. The Labute approximate surface area is 193 Å². The molecule has 0 bridgehead atoms. The summed E-state index contributed by atoms with van der Waals surface area (Å²) in [6.45, 7) is 17.4. The van der Waals surface area contributed by atoms with Gasteiger partial charge in [0.1, 0.15) is 18.0 Å². The fourth-order valence-electron chi connectivity index (χ4n) is 3.28. The lowest BCUT2D eigenvalue weighted by molar-refractivity contribution is 0.0174. The van der Waals surface area contributed by atoms with Gasteiger partial charge >= 0.3 is 12.1 Å². The second-order valence-corrected chi connectivity index (χ2v) is 15.6. The number of esters is 1. The van der Waals surface area contributed by atoms with E-state index in [9.17, 15) is 9.59 Å². The van der Waals surface area contributed by atoms with Crippen LogP contribution in [0.3, 0.4) is 0 Å². The van der Waals surface area contributed by atoms with Crippen LogP contribution >= 0.6 is 0 Å². The normalized spacial score (nSPS) is 19.6. The average molecular weight is 466 g/mol. The molecule has 8 heteroatoms. The zero-order chi connectivity index (χ0) is 24.3. The maximum absolute atomic E-state index is 12.9. The fourth-order valence-corrected chi connectivity index (χ4v) is 4.64. The van der Waals surface area contributed by atoms with Crippen LogP contribution in [0.1, 0.15) is 58.3 Å². The van der Waals surface area contributed by atoms with Crippen LogP contribution in [-0.4, -0.2) is 63.3 Å². The summed E-state index contributed by atoms with van der Waals surface area (Å²) in [5.41, 5.74) is -0.171. The number of amides is 1. The number of hydrogen-bond donors (Lipinski definition) is 0. The van der Waals surface area contributed by atoms with Crippen LogP contribution in [0, 0.1) is 0 Å². The Morgan fingerprint density at radius 1 is 1.12 bits per heavy atom. The fraction of sp³-hybridized carbons (Fsp3) is 0.667. The first-order valence-electron chi connectivity index (χ1n) is 11.1. The molecule has 1 aromatic rings. The van der Waals surface area contributed by atoms with Crippen molar-refractivity contribution in [2.24, 2.45) is 0 Å². The van der Waals surface area contributed by atoms with Gasteiger partial charge in [0.05, 0.1) is 24.8 Å². The van der Waals surface area contributed by atoms with E-state index in [1.54, 1.807) is 29.2 Å². The van der Waals surface area contributed by atoms with E-state index in [1.165, 1.54) is 7.11 Å². The third kappa shape index (κ3) is 6.97. The monoisotopic (exact) mass is 465 g/mol. The van der Waals surface area contributed by atoms with Gasteiger partial charge in [0, 0.05) is 6.54 Å². The summed E-state index contributed by atoms with van der Waals surface area (Å²) in [6.07, 6.45) is 0.233. The minimum Gasteiger partial charge on any atom is -0.491 e. The van der Waals surface area contributed by atoms with Crippen LogP contribution < -0.4 is 4.74 Å². The molecule has 0 spiro atoms. The van der Waals surface area contributed by atoms with Crippen molar-refractivity contribution in [1.29, 1.82) is 0 Å². The predicted molar refractivity (Wildman–Crippen MR) is 127 cm³/mol. The highest BCUT2D eigenvalue weighted by Gasteiger charge is 2.44. The van der Waals surface area contributed by atoms with Gasteiger partial charge in [0.15, 0.2) is 8.32 Å². The first kappa shape index (κ1) is 26.2. The quantitative estimate of drug-likeness (QED) is 0.422. The topological polar surface area (TPSA) is 74.3 Å². The first-order valence-corrected chi connectivity index (χ1v) is 14.0. The molecule has 1 saturated heterocycles. The van der Waals surface area contributed by atoms with Gasteiger partial charge in [-0.25, -0.2) is 9.59 Å². The molecular formula is C24H39NO6Si. The molecule has 1 heterocycles. The standard InChI is InChI=1S/C24H39NO6Si/c1-23(2,3)30-22(27)25-15-20(31-32(8,9)24(4,5)6)14-18(25)16-29-19-12-10-11-17(13-19)21(26)28-7/h10-13,18,20H,14-16H2,1-9H3/t18-,20+/m0/s1. The van der Waals surface area contributed by atoms with E-state index in [2.05, 4.69) is 33.9 Å². The van der Waals surface area contributed by atoms with Crippen molar-refractivity contribution in [2.45, 2.75) is 83.8 Å². The maximum Gasteiger partial charge on any atom is 0.410 e. The average Bonchev–Trinajstić information content (AvgIpc) is 3.06. The van der Waals surface area contributed by atoms with Crippen LogP contribution in [0.5, 0.6) is 5.75 Å². The van der Waals surface area contributed by atoms with Gasteiger partial charge in [-0.2, -0.15) is 0 Å². The number of benzene rings is 1. The molecule has 0 radical (unpaired) electrons. The van der Waals surface area contributed by atoms with Crippen LogP contribution in [0.25, 0.3) is 0 Å². The van der Waals surface area contributed by atoms with Crippen molar-refractivity contribution in [3.8, 4) is 5.75 Å². The molecule has 0 aromatic heterocycles. The van der Waals surface area contributed by atoms with E-state index >= 15 is 0 Å².